The summed E-state index contributed by atoms with van der Waals surface area (Å²) in [6.45, 7) is 10.7. The van der Waals surface area contributed by atoms with E-state index in [1.165, 1.54) is 0 Å². The van der Waals surface area contributed by atoms with Gasteiger partial charge in [0.25, 0.3) is 0 Å². The van der Waals surface area contributed by atoms with Crippen LogP contribution in [0, 0.1) is 5.41 Å². The minimum atomic E-state index is -0.564. The van der Waals surface area contributed by atoms with Crippen molar-refractivity contribution in [2.24, 2.45) is 5.41 Å². The summed E-state index contributed by atoms with van der Waals surface area (Å²) in [4.78, 5) is 30.4. The topological polar surface area (TPSA) is 71.5 Å². The Hall–Kier alpha value is -1.95. The van der Waals surface area contributed by atoms with Gasteiger partial charge in [-0.25, -0.2) is 4.79 Å². The summed E-state index contributed by atoms with van der Waals surface area (Å²) in [7, 11) is 0. The van der Waals surface area contributed by atoms with Crippen LogP contribution in [0.4, 0.5) is 4.79 Å². The molecular weight excluding hydrogens is 330 g/mol. The second-order valence-electron chi connectivity index (χ2n) is 8.36. The SMILES string of the molecule is CC(C)NC(c1cccnc1)C1(C=O)CCN(C(=O)OC(C)(C)C)CC1. The number of nitrogens with one attached hydrogen (secondary N) is 1. The Labute approximate surface area is 156 Å². The van der Waals surface area contributed by atoms with Gasteiger partial charge in [0.2, 0.25) is 0 Å². The van der Waals surface area contributed by atoms with Crippen LogP contribution in [0.2, 0.25) is 0 Å². The van der Waals surface area contributed by atoms with E-state index in [0.29, 0.717) is 25.9 Å². The van der Waals surface area contributed by atoms with Gasteiger partial charge in [-0.1, -0.05) is 19.9 Å². The molecule has 0 bridgehead atoms. The standard InChI is InChI=1S/C20H31N3O3/c1-15(2)22-17(16-7-6-10-21-13-16)20(14-24)8-11-23(12-9-20)18(25)26-19(3,4)5/h6-7,10,13-15,17,22H,8-9,11-12H2,1-5H3. The zero-order valence-corrected chi connectivity index (χ0v) is 16.5. The Kier molecular flexibility index (Phi) is 6.39. The van der Waals surface area contributed by atoms with Crippen molar-refractivity contribution in [2.45, 2.75) is 65.1 Å². The number of hydrogen-bond acceptors (Lipinski definition) is 5. The van der Waals surface area contributed by atoms with Gasteiger partial charge >= 0.3 is 6.09 Å². The van der Waals surface area contributed by atoms with Crippen molar-refractivity contribution >= 4 is 12.4 Å². The maximum absolute atomic E-state index is 12.3. The molecule has 0 spiro atoms. The first-order chi connectivity index (χ1) is 12.2. The molecule has 1 aromatic heterocycles. The lowest BCUT2D eigenvalue weighted by atomic mass is 9.71. The number of carbonyl (C=O) groups is 2. The van der Waals surface area contributed by atoms with Crippen molar-refractivity contribution in [3.8, 4) is 0 Å². The zero-order chi connectivity index (χ0) is 19.4. The summed E-state index contributed by atoms with van der Waals surface area (Å²) in [6, 6.07) is 3.98. The number of carbonyl (C=O) groups excluding carboxylic acids is 2. The minimum absolute atomic E-state index is 0.130. The van der Waals surface area contributed by atoms with E-state index in [4.69, 9.17) is 4.74 Å². The lowest BCUT2D eigenvalue weighted by Gasteiger charge is -2.44. The monoisotopic (exact) mass is 361 g/mol. The van der Waals surface area contributed by atoms with Gasteiger partial charge < -0.3 is 19.7 Å². The molecule has 1 N–H and O–H groups in total. The van der Waals surface area contributed by atoms with Crippen molar-refractivity contribution in [1.29, 1.82) is 0 Å². The molecule has 0 radical (unpaired) electrons. The van der Waals surface area contributed by atoms with Gasteiger partial charge in [0.1, 0.15) is 11.9 Å². The first-order valence-corrected chi connectivity index (χ1v) is 9.27. The minimum Gasteiger partial charge on any atom is -0.444 e. The summed E-state index contributed by atoms with van der Waals surface area (Å²) >= 11 is 0. The number of likely N-dealkylation sites (tertiary alicyclic amines) is 1. The van der Waals surface area contributed by atoms with Gasteiger partial charge in [-0.3, -0.25) is 4.98 Å². The Morgan fingerprint density at radius 1 is 1.35 bits per heavy atom. The molecular formula is C20H31N3O3. The van der Waals surface area contributed by atoms with E-state index in [2.05, 4.69) is 24.1 Å². The fraction of sp³-hybridized carbons (Fsp3) is 0.650. The molecule has 1 aliphatic rings. The van der Waals surface area contributed by atoms with Gasteiger partial charge in [-0.15, -0.1) is 0 Å². The highest BCUT2D eigenvalue weighted by Gasteiger charge is 2.44. The van der Waals surface area contributed by atoms with Crippen LogP contribution in [0.25, 0.3) is 0 Å². The highest BCUT2D eigenvalue weighted by molar-refractivity contribution is 5.69. The van der Waals surface area contributed by atoms with E-state index >= 15 is 0 Å². The Morgan fingerprint density at radius 3 is 2.46 bits per heavy atom. The van der Waals surface area contributed by atoms with Crippen LogP contribution >= 0.6 is 0 Å². The molecule has 1 unspecified atom stereocenters. The molecule has 2 heterocycles. The molecule has 1 aliphatic heterocycles. The van der Waals surface area contributed by atoms with E-state index in [0.717, 1.165) is 11.8 Å². The van der Waals surface area contributed by atoms with E-state index < -0.39 is 11.0 Å². The van der Waals surface area contributed by atoms with Crippen molar-refractivity contribution in [3.63, 3.8) is 0 Å². The number of rotatable bonds is 5. The van der Waals surface area contributed by atoms with E-state index in [1.807, 2.05) is 39.1 Å². The van der Waals surface area contributed by atoms with E-state index in [1.54, 1.807) is 11.1 Å². The maximum Gasteiger partial charge on any atom is 0.410 e. The lowest BCUT2D eigenvalue weighted by Crippen LogP contribution is -2.51. The first-order valence-electron chi connectivity index (χ1n) is 9.27. The van der Waals surface area contributed by atoms with Crippen molar-refractivity contribution in [1.82, 2.24) is 15.2 Å². The fourth-order valence-electron chi connectivity index (χ4n) is 3.38. The maximum atomic E-state index is 12.3. The molecule has 0 saturated carbocycles. The number of nitrogens with zero attached hydrogens (tertiary/aromatic N) is 2. The molecule has 144 valence electrons. The van der Waals surface area contributed by atoms with E-state index in [-0.39, 0.29) is 18.2 Å². The Bertz CT molecular complexity index is 602. The summed E-state index contributed by atoms with van der Waals surface area (Å²) < 4.78 is 5.46. The molecule has 1 atom stereocenters. The van der Waals surface area contributed by atoms with Crippen molar-refractivity contribution in [3.05, 3.63) is 30.1 Å². The Morgan fingerprint density at radius 2 is 2.00 bits per heavy atom. The first kappa shape index (κ1) is 20.4. The van der Waals surface area contributed by atoms with Crippen LogP contribution in [-0.2, 0) is 9.53 Å². The second kappa shape index (κ2) is 8.16. The van der Waals surface area contributed by atoms with Crippen molar-refractivity contribution in [2.75, 3.05) is 13.1 Å². The fourth-order valence-corrected chi connectivity index (χ4v) is 3.38. The molecule has 2 rings (SSSR count). The highest BCUT2D eigenvalue weighted by Crippen LogP contribution is 2.41. The van der Waals surface area contributed by atoms with Crippen LogP contribution in [-0.4, -0.2) is 47.0 Å². The quantitative estimate of drug-likeness (QED) is 0.815. The third kappa shape index (κ3) is 5.04. The predicted molar refractivity (Wildman–Crippen MR) is 101 cm³/mol. The third-order valence-corrected chi connectivity index (χ3v) is 4.67. The lowest BCUT2D eigenvalue weighted by molar-refractivity contribution is -0.121. The second-order valence-corrected chi connectivity index (χ2v) is 8.36. The normalized spacial score (nSPS) is 18.5. The highest BCUT2D eigenvalue weighted by atomic mass is 16.6. The number of piperidine rings is 1. The third-order valence-electron chi connectivity index (χ3n) is 4.67. The van der Waals surface area contributed by atoms with Gasteiger partial charge in [0.15, 0.2) is 0 Å². The van der Waals surface area contributed by atoms with Gasteiger partial charge in [-0.05, 0) is 45.2 Å². The van der Waals surface area contributed by atoms with E-state index in [9.17, 15) is 9.59 Å². The Balaban J connectivity index is 2.17. The molecule has 6 heteroatoms. The summed E-state index contributed by atoms with van der Waals surface area (Å²) in [6.07, 6.45) is 5.48. The molecule has 1 aromatic rings. The molecule has 6 nitrogen and oxygen atoms in total. The predicted octanol–water partition coefficient (Wildman–Crippen LogP) is 3.34. The molecule has 1 fully saturated rings. The average molecular weight is 361 g/mol. The summed E-state index contributed by atoms with van der Waals surface area (Å²) in [5.74, 6) is 0. The van der Waals surface area contributed by atoms with Crippen molar-refractivity contribution < 1.29 is 14.3 Å². The van der Waals surface area contributed by atoms with Crippen LogP contribution in [0.15, 0.2) is 24.5 Å². The molecule has 1 amide bonds. The molecule has 26 heavy (non-hydrogen) atoms. The zero-order valence-electron chi connectivity index (χ0n) is 16.5. The van der Waals surface area contributed by atoms with Crippen LogP contribution < -0.4 is 5.32 Å². The number of pyridine rings is 1. The molecule has 0 aromatic carbocycles. The van der Waals surface area contributed by atoms with Gasteiger partial charge in [0.05, 0.1) is 0 Å². The number of aromatic nitrogens is 1. The van der Waals surface area contributed by atoms with Crippen LogP contribution in [0.1, 0.15) is 59.1 Å². The van der Waals surface area contributed by atoms with Crippen LogP contribution in [0.3, 0.4) is 0 Å². The number of amides is 1. The average Bonchev–Trinajstić information content (AvgIpc) is 2.59. The number of hydrogen-bond donors (Lipinski definition) is 1. The smallest absolute Gasteiger partial charge is 0.410 e. The largest absolute Gasteiger partial charge is 0.444 e. The summed E-state index contributed by atoms with van der Waals surface area (Å²) in [5.41, 5.74) is -0.0847. The number of ether oxygens (including phenoxy) is 1. The van der Waals surface area contributed by atoms with Gasteiger partial charge in [-0.2, -0.15) is 0 Å². The molecule has 1 saturated heterocycles. The molecule has 0 aliphatic carbocycles. The number of aldehydes is 1. The summed E-state index contributed by atoms with van der Waals surface area (Å²) in [5, 5.41) is 3.53. The van der Waals surface area contributed by atoms with Crippen LogP contribution in [0.5, 0.6) is 0 Å². The van der Waals surface area contributed by atoms with Gasteiger partial charge in [0, 0.05) is 43.0 Å².